The van der Waals surface area contributed by atoms with Crippen LogP contribution < -0.4 is 0 Å². The molecule has 1 unspecified atom stereocenters. The van der Waals surface area contributed by atoms with Crippen molar-refractivity contribution in [1.82, 2.24) is 0 Å². The fourth-order valence-corrected chi connectivity index (χ4v) is 2.97. The lowest BCUT2D eigenvalue weighted by molar-refractivity contribution is -0.149. The maximum absolute atomic E-state index is 12.2. The number of hydrogen-bond donors (Lipinski definition) is 0. The number of esters is 1. The number of isocyanates is 1. The van der Waals surface area contributed by atoms with Crippen LogP contribution in [0.5, 0.6) is 0 Å². The molecule has 4 heteroatoms. The highest BCUT2D eigenvalue weighted by Crippen LogP contribution is 2.44. The van der Waals surface area contributed by atoms with E-state index in [4.69, 9.17) is 4.74 Å². The molecule has 1 aromatic rings. The Morgan fingerprint density at radius 3 is 2.74 bits per heavy atom. The highest BCUT2D eigenvalue weighted by Gasteiger charge is 2.49. The predicted octanol–water partition coefficient (Wildman–Crippen LogP) is 2.59. The Kier molecular flexibility index (Phi) is 4.13. The van der Waals surface area contributed by atoms with E-state index in [-0.39, 0.29) is 5.92 Å². The molecule has 4 nitrogen and oxygen atoms in total. The molecule has 1 saturated carbocycles. The van der Waals surface area contributed by atoms with Crippen molar-refractivity contribution < 1.29 is 14.3 Å². The Labute approximate surface area is 112 Å². The topological polar surface area (TPSA) is 55.7 Å². The molecular weight excluding hydrogens is 242 g/mol. The Balaban J connectivity index is 2.48. The van der Waals surface area contributed by atoms with Crippen LogP contribution in [0.15, 0.2) is 35.3 Å². The van der Waals surface area contributed by atoms with E-state index in [2.05, 4.69) is 4.99 Å². The summed E-state index contributed by atoms with van der Waals surface area (Å²) < 4.78 is 4.89. The molecule has 1 aromatic carbocycles. The van der Waals surface area contributed by atoms with E-state index in [9.17, 15) is 9.59 Å². The minimum atomic E-state index is -1.10. The van der Waals surface area contributed by atoms with Crippen LogP contribution in [-0.2, 0) is 14.3 Å². The maximum atomic E-state index is 12.2. The Morgan fingerprint density at radius 1 is 1.37 bits per heavy atom. The number of nitrogens with zero attached hydrogens (tertiary/aromatic N) is 1. The minimum absolute atomic E-state index is 0.114. The fourth-order valence-electron chi connectivity index (χ4n) is 2.97. The predicted molar refractivity (Wildman–Crippen MR) is 70.5 cm³/mol. The summed E-state index contributed by atoms with van der Waals surface area (Å²) in [4.78, 5) is 26.8. The van der Waals surface area contributed by atoms with Crippen LogP contribution >= 0.6 is 0 Å². The number of rotatable bonds is 3. The van der Waals surface area contributed by atoms with Crippen molar-refractivity contribution in [2.75, 3.05) is 7.11 Å². The van der Waals surface area contributed by atoms with Gasteiger partial charge in [0.25, 0.3) is 0 Å². The van der Waals surface area contributed by atoms with Gasteiger partial charge in [-0.3, -0.25) is 0 Å². The van der Waals surface area contributed by atoms with Crippen molar-refractivity contribution in [3.8, 4) is 0 Å². The SMILES string of the molecule is COC(=O)[C@]1(N=C=O)CCCCC1c1ccccc1. The van der Waals surface area contributed by atoms with Gasteiger partial charge in [0.05, 0.1) is 7.11 Å². The first-order valence-corrected chi connectivity index (χ1v) is 6.47. The zero-order valence-electron chi connectivity index (χ0n) is 11.0. The molecule has 1 aliphatic rings. The van der Waals surface area contributed by atoms with Crippen molar-refractivity contribution in [2.24, 2.45) is 4.99 Å². The number of aliphatic imine (C=N–C) groups is 1. The Morgan fingerprint density at radius 2 is 2.11 bits per heavy atom. The molecule has 0 saturated heterocycles. The van der Waals surface area contributed by atoms with Gasteiger partial charge in [0.1, 0.15) is 0 Å². The fraction of sp³-hybridized carbons (Fsp3) is 0.467. The van der Waals surface area contributed by atoms with Crippen molar-refractivity contribution >= 4 is 12.0 Å². The van der Waals surface area contributed by atoms with Crippen LogP contribution in [-0.4, -0.2) is 24.7 Å². The highest BCUT2D eigenvalue weighted by atomic mass is 16.5. The molecule has 2 atom stereocenters. The summed E-state index contributed by atoms with van der Waals surface area (Å²) in [6.07, 6.45) is 4.81. The zero-order valence-corrected chi connectivity index (χ0v) is 11.0. The zero-order chi connectivity index (χ0) is 13.7. The van der Waals surface area contributed by atoms with Crippen LogP contribution in [0.25, 0.3) is 0 Å². The van der Waals surface area contributed by atoms with Crippen LogP contribution in [0.4, 0.5) is 0 Å². The van der Waals surface area contributed by atoms with Gasteiger partial charge < -0.3 is 4.74 Å². The first kappa shape index (κ1) is 13.5. The third-order valence-corrected chi connectivity index (χ3v) is 3.86. The van der Waals surface area contributed by atoms with Crippen molar-refractivity contribution in [3.05, 3.63) is 35.9 Å². The van der Waals surface area contributed by atoms with Gasteiger partial charge in [0.2, 0.25) is 6.08 Å². The molecule has 100 valence electrons. The van der Waals surface area contributed by atoms with E-state index in [1.807, 2.05) is 30.3 Å². The summed E-state index contributed by atoms with van der Waals surface area (Å²) in [6.45, 7) is 0. The average molecular weight is 259 g/mol. The molecule has 0 radical (unpaired) electrons. The van der Waals surface area contributed by atoms with E-state index >= 15 is 0 Å². The van der Waals surface area contributed by atoms with E-state index < -0.39 is 11.5 Å². The number of ether oxygens (including phenoxy) is 1. The minimum Gasteiger partial charge on any atom is -0.467 e. The average Bonchev–Trinajstić information content (AvgIpc) is 2.48. The summed E-state index contributed by atoms with van der Waals surface area (Å²) in [5.74, 6) is -0.555. The third kappa shape index (κ3) is 2.45. The van der Waals surface area contributed by atoms with Gasteiger partial charge in [-0.15, -0.1) is 0 Å². The first-order chi connectivity index (χ1) is 9.24. The van der Waals surface area contributed by atoms with Gasteiger partial charge in [-0.05, 0) is 18.4 Å². The molecular formula is C15H17NO3. The molecule has 0 aromatic heterocycles. The summed E-state index contributed by atoms with van der Waals surface area (Å²) in [7, 11) is 1.33. The number of carbonyl (C=O) groups excluding carboxylic acids is 2. The first-order valence-electron chi connectivity index (χ1n) is 6.47. The monoisotopic (exact) mass is 259 g/mol. The lowest BCUT2D eigenvalue weighted by Crippen LogP contribution is -2.45. The second-order valence-electron chi connectivity index (χ2n) is 4.83. The lowest BCUT2D eigenvalue weighted by atomic mass is 9.70. The van der Waals surface area contributed by atoms with E-state index in [1.54, 1.807) is 6.08 Å². The van der Waals surface area contributed by atoms with Crippen LogP contribution in [0.3, 0.4) is 0 Å². The van der Waals surface area contributed by atoms with E-state index in [0.29, 0.717) is 6.42 Å². The molecule has 0 bridgehead atoms. The van der Waals surface area contributed by atoms with Gasteiger partial charge >= 0.3 is 5.97 Å². The summed E-state index contributed by atoms with van der Waals surface area (Å²) in [6, 6.07) is 9.71. The summed E-state index contributed by atoms with van der Waals surface area (Å²) >= 11 is 0. The Hall–Kier alpha value is -1.93. The van der Waals surface area contributed by atoms with Crippen LogP contribution in [0.2, 0.25) is 0 Å². The van der Waals surface area contributed by atoms with Gasteiger partial charge in [-0.2, -0.15) is 4.99 Å². The molecule has 1 aliphatic carbocycles. The third-order valence-electron chi connectivity index (χ3n) is 3.86. The van der Waals surface area contributed by atoms with Crippen molar-refractivity contribution in [1.29, 1.82) is 0 Å². The second kappa shape index (κ2) is 5.81. The normalized spacial score (nSPS) is 26.3. The quantitative estimate of drug-likeness (QED) is 0.476. The summed E-state index contributed by atoms with van der Waals surface area (Å²) in [5, 5.41) is 0. The van der Waals surface area contributed by atoms with Gasteiger partial charge in [0.15, 0.2) is 5.54 Å². The van der Waals surface area contributed by atoms with Gasteiger partial charge in [0, 0.05) is 5.92 Å². The summed E-state index contributed by atoms with van der Waals surface area (Å²) in [5.41, 5.74) is -0.0811. The number of carbonyl (C=O) groups is 1. The smallest absolute Gasteiger partial charge is 0.335 e. The largest absolute Gasteiger partial charge is 0.467 e. The van der Waals surface area contributed by atoms with E-state index in [0.717, 1.165) is 24.8 Å². The van der Waals surface area contributed by atoms with E-state index in [1.165, 1.54) is 7.11 Å². The molecule has 0 heterocycles. The molecule has 19 heavy (non-hydrogen) atoms. The standard InChI is InChI=1S/C15H17NO3/c1-19-14(18)15(16-11-17)10-6-5-9-13(15)12-7-3-2-4-8-12/h2-4,7-8,13H,5-6,9-10H2,1H3/t13?,15-/m0/s1. The maximum Gasteiger partial charge on any atom is 0.335 e. The van der Waals surface area contributed by atoms with Crippen molar-refractivity contribution in [3.63, 3.8) is 0 Å². The molecule has 1 fully saturated rings. The molecule has 0 spiro atoms. The lowest BCUT2D eigenvalue weighted by Gasteiger charge is -2.37. The van der Waals surface area contributed by atoms with Crippen molar-refractivity contribution in [2.45, 2.75) is 37.1 Å². The second-order valence-corrected chi connectivity index (χ2v) is 4.83. The molecule has 0 N–H and O–H groups in total. The highest BCUT2D eigenvalue weighted by molar-refractivity contribution is 5.83. The van der Waals surface area contributed by atoms with Crippen LogP contribution in [0.1, 0.15) is 37.2 Å². The number of methoxy groups -OCH3 is 1. The van der Waals surface area contributed by atoms with Gasteiger partial charge in [-0.25, -0.2) is 9.59 Å². The molecule has 0 aliphatic heterocycles. The molecule has 2 rings (SSSR count). The number of benzene rings is 1. The Bertz CT molecular complexity index is 493. The molecule has 0 amide bonds. The number of hydrogen-bond acceptors (Lipinski definition) is 4. The van der Waals surface area contributed by atoms with Gasteiger partial charge in [-0.1, -0.05) is 43.2 Å². The van der Waals surface area contributed by atoms with Crippen LogP contribution in [0, 0.1) is 0 Å².